The summed E-state index contributed by atoms with van der Waals surface area (Å²) in [5.41, 5.74) is 3.51. The third-order valence-corrected chi connectivity index (χ3v) is 4.71. The molecule has 3 rings (SSSR count). The van der Waals surface area contributed by atoms with E-state index in [1.54, 1.807) is 7.11 Å². The van der Waals surface area contributed by atoms with Gasteiger partial charge in [-0.1, -0.05) is 36.4 Å². The van der Waals surface area contributed by atoms with Crippen LogP contribution in [0.4, 0.5) is 0 Å². The number of ether oxygens (including phenoxy) is 2. The Morgan fingerprint density at radius 3 is 2.39 bits per heavy atom. The van der Waals surface area contributed by atoms with Crippen molar-refractivity contribution in [2.45, 2.75) is 18.6 Å². The van der Waals surface area contributed by atoms with E-state index in [0.717, 1.165) is 25.1 Å². The molecule has 0 spiro atoms. The smallest absolute Gasteiger partial charge is 0.151 e. The average molecular weight is 425 g/mol. The number of methoxy groups -OCH3 is 2. The Balaban J connectivity index is 0.00000192. The molecule has 124 valence electrons. The standard InChI is InChI=1S/C19H23NO2.HI/c1-20-13-12-16-6-4-5-7-18(16)19(20,22-3)14-15-8-10-17(21-2)11-9-15;/h4-11H,12-14H2,1-3H3;1H. The van der Waals surface area contributed by atoms with Crippen LogP contribution in [-0.2, 0) is 23.3 Å². The molecule has 0 bridgehead atoms. The minimum atomic E-state index is -0.399. The molecule has 1 aliphatic rings. The van der Waals surface area contributed by atoms with Crippen LogP contribution in [-0.4, -0.2) is 32.7 Å². The van der Waals surface area contributed by atoms with Gasteiger partial charge in [0.1, 0.15) is 5.75 Å². The normalized spacial score (nSPS) is 20.5. The lowest BCUT2D eigenvalue weighted by Gasteiger charge is -2.45. The van der Waals surface area contributed by atoms with Gasteiger partial charge in [0, 0.05) is 25.6 Å². The van der Waals surface area contributed by atoms with Gasteiger partial charge >= 0.3 is 0 Å². The first-order chi connectivity index (χ1) is 10.7. The van der Waals surface area contributed by atoms with Gasteiger partial charge in [-0.2, -0.15) is 0 Å². The highest BCUT2D eigenvalue weighted by molar-refractivity contribution is 14.0. The summed E-state index contributed by atoms with van der Waals surface area (Å²) >= 11 is 0. The zero-order chi connectivity index (χ0) is 15.6. The van der Waals surface area contributed by atoms with Gasteiger partial charge in [0.2, 0.25) is 0 Å². The van der Waals surface area contributed by atoms with Gasteiger partial charge in [-0.3, -0.25) is 4.90 Å². The molecular weight excluding hydrogens is 401 g/mol. The van der Waals surface area contributed by atoms with Gasteiger partial charge < -0.3 is 9.47 Å². The van der Waals surface area contributed by atoms with E-state index in [9.17, 15) is 0 Å². The van der Waals surface area contributed by atoms with E-state index in [2.05, 4.69) is 48.3 Å². The summed E-state index contributed by atoms with van der Waals surface area (Å²) < 4.78 is 11.3. The fourth-order valence-electron chi connectivity index (χ4n) is 3.38. The van der Waals surface area contributed by atoms with Crippen LogP contribution in [0.25, 0.3) is 0 Å². The van der Waals surface area contributed by atoms with Crippen molar-refractivity contribution < 1.29 is 9.47 Å². The lowest BCUT2D eigenvalue weighted by Crippen LogP contribution is -2.51. The summed E-state index contributed by atoms with van der Waals surface area (Å²) in [7, 11) is 5.64. The Bertz CT molecular complexity index is 644. The van der Waals surface area contributed by atoms with Gasteiger partial charge in [-0.15, -0.1) is 24.0 Å². The molecule has 0 aliphatic carbocycles. The number of hydrogen-bond donors (Lipinski definition) is 0. The second-order valence-electron chi connectivity index (χ2n) is 5.84. The van der Waals surface area contributed by atoms with Crippen LogP contribution >= 0.6 is 24.0 Å². The quantitative estimate of drug-likeness (QED) is 0.695. The Labute approximate surface area is 155 Å². The van der Waals surface area contributed by atoms with Crippen molar-refractivity contribution in [1.82, 2.24) is 4.90 Å². The van der Waals surface area contributed by atoms with Crippen LogP contribution in [0, 0.1) is 0 Å². The maximum absolute atomic E-state index is 6.07. The lowest BCUT2D eigenvalue weighted by molar-refractivity contribution is -0.138. The third kappa shape index (κ3) is 3.39. The molecule has 4 heteroatoms. The zero-order valence-corrected chi connectivity index (χ0v) is 16.2. The lowest BCUT2D eigenvalue weighted by atomic mass is 9.85. The highest BCUT2D eigenvalue weighted by atomic mass is 127. The van der Waals surface area contributed by atoms with E-state index in [1.165, 1.54) is 16.7 Å². The highest BCUT2D eigenvalue weighted by Gasteiger charge is 2.40. The van der Waals surface area contributed by atoms with Gasteiger partial charge in [-0.25, -0.2) is 0 Å². The van der Waals surface area contributed by atoms with E-state index in [-0.39, 0.29) is 24.0 Å². The van der Waals surface area contributed by atoms with E-state index in [1.807, 2.05) is 19.2 Å². The molecule has 2 aromatic carbocycles. The summed E-state index contributed by atoms with van der Waals surface area (Å²) in [5.74, 6) is 0.882. The molecule has 0 fully saturated rings. The summed E-state index contributed by atoms with van der Waals surface area (Å²) in [4.78, 5) is 2.32. The molecule has 3 nitrogen and oxygen atoms in total. The molecule has 1 aliphatic heterocycles. The van der Waals surface area contributed by atoms with Crippen molar-refractivity contribution in [1.29, 1.82) is 0 Å². The van der Waals surface area contributed by atoms with Crippen LogP contribution in [0.2, 0.25) is 0 Å². The molecule has 0 radical (unpaired) electrons. The van der Waals surface area contributed by atoms with E-state index in [4.69, 9.17) is 9.47 Å². The zero-order valence-electron chi connectivity index (χ0n) is 13.9. The van der Waals surface area contributed by atoms with Crippen molar-refractivity contribution in [2.75, 3.05) is 27.8 Å². The maximum atomic E-state index is 6.07. The minimum absolute atomic E-state index is 0. The van der Waals surface area contributed by atoms with E-state index in [0.29, 0.717) is 0 Å². The van der Waals surface area contributed by atoms with Gasteiger partial charge in [-0.05, 0) is 36.7 Å². The van der Waals surface area contributed by atoms with Crippen LogP contribution in [0.5, 0.6) is 5.75 Å². The molecule has 0 N–H and O–H groups in total. The summed E-state index contributed by atoms with van der Waals surface area (Å²) in [5, 5.41) is 0. The number of nitrogens with zero attached hydrogens (tertiary/aromatic N) is 1. The number of halogens is 1. The largest absolute Gasteiger partial charge is 0.497 e. The Morgan fingerprint density at radius 2 is 1.74 bits per heavy atom. The molecule has 0 amide bonds. The fraction of sp³-hybridized carbons (Fsp3) is 0.368. The molecule has 1 atom stereocenters. The first-order valence-corrected chi connectivity index (χ1v) is 7.67. The molecular formula is C19H24INO2. The SMILES string of the molecule is COc1ccc(CC2(OC)c3ccccc3CCN2C)cc1.I. The summed E-state index contributed by atoms with van der Waals surface area (Å²) in [6.45, 7) is 1.00. The first kappa shape index (κ1) is 18.2. The summed E-state index contributed by atoms with van der Waals surface area (Å²) in [6.07, 6.45) is 1.89. The highest BCUT2D eigenvalue weighted by Crippen LogP contribution is 2.38. The number of hydrogen-bond acceptors (Lipinski definition) is 3. The Kier molecular flexibility index (Phi) is 6.06. The Morgan fingerprint density at radius 1 is 1.04 bits per heavy atom. The minimum Gasteiger partial charge on any atom is -0.497 e. The number of rotatable bonds is 4. The van der Waals surface area contributed by atoms with Gasteiger partial charge in [0.15, 0.2) is 5.72 Å². The molecule has 1 unspecified atom stereocenters. The number of likely N-dealkylation sites (N-methyl/N-ethyl adjacent to an activating group) is 1. The van der Waals surface area contributed by atoms with Crippen molar-refractivity contribution in [3.05, 3.63) is 65.2 Å². The number of fused-ring (bicyclic) bond motifs is 1. The van der Waals surface area contributed by atoms with Crippen molar-refractivity contribution in [3.8, 4) is 5.75 Å². The van der Waals surface area contributed by atoms with Crippen molar-refractivity contribution in [2.24, 2.45) is 0 Å². The third-order valence-electron chi connectivity index (χ3n) is 4.71. The topological polar surface area (TPSA) is 21.7 Å². The van der Waals surface area contributed by atoms with Crippen LogP contribution in [0.3, 0.4) is 0 Å². The number of benzene rings is 2. The fourth-order valence-corrected chi connectivity index (χ4v) is 3.38. The van der Waals surface area contributed by atoms with Crippen molar-refractivity contribution in [3.63, 3.8) is 0 Å². The molecule has 1 heterocycles. The van der Waals surface area contributed by atoms with Gasteiger partial charge in [0.05, 0.1) is 7.11 Å². The monoisotopic (exact) mass is 425 g/mol. The molecule has 2 aromatic rings. The second kappa shape index (κ2) is 7.64. The van der Waals surface area contributed by atoms with Crippen LogP contribution in [0.1, 0.15) is 16.7 Å². The molecule has 0 saturated heterocycles. The first-order valence-electron chi connectivity index (χ1n) is 7.67. The van der Waals surface area contributed by atoms with E-state index < -0.39 is 5.72 Å². The predicted octanol–water partition coefficient (Wildman–Crippen LogP) is 3.84. The van der Waals surface area contributed by atoms with Crippen LogP contribution in [0.15, 0.2) is 48.5 Å². The molecule has 0 aromatic heterocycles. The Hall–Kier alpha value is -1.11. The van der Waals surface area contributed by atoms with Crippen LogP contribution < -0.4 is 4.74 Å². The predicted molar refractivity (Wildman–Crippen MR) is 104 cm³/mol. The molecule has 23 heavy (non-hydrogen) atoms. The van der Waals surface area contributed by atoms with E-state index >= 15 is 0 Å². The maximum Gasteiger partial charge on any atom is 0.151 e. The van der Waals surface area contributed by atoms with Gasteiger partial charge in [0.25, 0.3) is 0 Å². The summed E-state index contributed by atoms with van der Waals surface area (Å²) in [6, 6.07) is 16.9. The van der Waals surface area contributed by atoms with Crippen molar-refractivity contribution >= 4 is 24.0 Å². The molecule has 0 saturated carbocycles. The second-order valence-corrected chi connectivity index (χ2v) is 5.84. The average Bonchev–Trinajstić information content (AvgIpc) is 2.58.